The molecule has 1 rings (SSSR count). The number of carbonyl (C=O) groups excluding carboxylic acids is 1. The largest absolute Gasteiger partial charge is 0.382 e. The van der Waals surface area contributed by atoms with Crippen LogP contribution in [0.4, 0.5) is 0 Å². The molecule has 0 unspecified atom stereocenters. The van der Waals surface area contributed by atoms with E-state index in [1.165, 1.54) is 0 Å². The minimum absolute atomic E-state index is 0.267. The Hall–Kier alpha value is -0.610. The van der Waals surface area contributed by atoms with Crippen molar-refractivity contribution in [2.45, 2.75) is 32.7 Å². The van der Waals surface area contributed by atoms with Gasteiger partial charge in [0.2, 0.25) is 5.91 Å². The first-order valence-electron chi connectivity index (χ1n) is 5.83. The number of nitrogens with one attached hydrogen (secondary N) is 1. The summed E-state index contributed by atoms with van der Waals surface area (Å²) in [6, 6.07) is 0.332. The molecule has 4 nitrogen and oxygen atoms in total. The van der Waals surface area contributed by atoms with Gasteiger partial charge in [-0.25, -0.2) is 0 Å². The van der Waals surface area contributed by atoms with Crippen molar-refractivity contribution in [1.82, 2.24) is 10.2 Å². The average molecular weight is 214 g/mol. The first kappa shape index (κ1) is 12.5. The third-order valence-electron chi connectivity index (χ3n) is 2.71. The second-order valence-corrected chi connectivity index (χ2v) is 3.94. The van der Waals surface area contributed by atoms with Crippen molar-refractivity contribution in [2.24, 2.45) is 0 Å². The molecule has 0 aliphatic carbocycles. The van der Waals surface area contributed by atoms with Crippen molar-refractivity contribution in [3.63, 3.8) is 0 Å². The highest BCUT2D eigenvalue weighted by atomic mass is 16.5. The van der Waals surface area contributed by atoms with Crippen LogP contribution in [0.5, 0.6) is 0 Å². The summed E-state index contributed by atoms with van der Waals surface area (Å²) in [6.45, 7) is 8.17. The van der Waals surface area contributed by atoms with E-state index in [1.54, 1.807) is 0 Å². The Morgan fingerprint density at radius 2 is 2.40 bits per heavy atom. The minimum atomic E-state index is 0.267. The minimum Gasteiger partial charge on any atom is -0.382 e. The molecule has 0 spiro atoms. The molecule has 1 N–H and O–H groups in total. The summed E-state index contributed by atoms with van der Waals surface area (Å²) in [7, 11) is 0. The number of rotatable bonds is 5. The lowest BCUT2D eigenvalue weighted by Gasteiger charge is -2.34. The van der Waals surface area contributed by atoms with Crippen LogP contribution >= 0.6 is 0 Å². The summed E-state index contributed by atoms with van der Waals surface area (Å²) >= 11 is 0. The first-order chi connectivity index (χ1) is 7.25. The maximum Gasteiger partial charge on any atom is 0.222 e. The molecule has 1 amide bonds. The molecule has 0 radical (unpaired) electrons. The zero-order chi connectivity index (χ0) is 11.1. The molecule has 4 heteroatoms. The van der Waals surface area contributed by atoms with Gasteiger partial charge in [0, 0.05) is 45.3 Å². The molecule has 1 aliphatic rings. The van der Waals surface area contributed by atoms with Gasteiger partial charge in [0.05, 0.1) is 0 Å². The molecule has 0 saturated carbocycles. The van der Waals surface area contributed by atoms with E-state index in [-0.39, 0.29) is 5.91 Å². The van der Waals surface area contributed by atoms with Crippen LogP contribution in [0, 0.1) is 0 Å². The molecule has 0 bridgehead atoms. The highest BCUT2D eigenvalue weighted by molar-refractivity contribution is 5.76. The fourth-order valence-corrected chi connectivity index (χ4v) is 1.82. The Balaban J connectivity index is 2.20. The second-order valence-electron chi connectivity index (χ2n) is 3.94. The van der Waals surface area contributed by atoms with E-state index in [4.69, 9.17) is 4.74 Å². The normalized spacial score (nSPS) is 21.7. The molecule has 1 aliphatic heterocycles. The molecule has 88 valence electrons. The van der Waals surface area contributed by atoms with Crippen LogP contribution in [0.25, 0.3) is 0 Å². The summed E-state index contributed by atoms with van der Waals surface area (Å²) in [5.41, 5.74) is 0. The van der Waals surface area contributed by atoms with Crippen LogP contribution in [0.3, 0.4) is 0 Å². The van der Waals surface area contributed by atoms with Crippen molar-refractivity contribution in [1.29, 1.82) is 0 Å². The molecule has 1 fully saturated rings. The van der Waals surface area contributed by atoms with E-state index < -0.39 is 0 Å². The SMILES string of the molecule is CCOCCCC(=O)N1CCNC[C@H]1C. The van der Waals surface area contributed by atoms with Crippen molar-refractivity contribution in [2.75, 3.05) is 32.8 Å². The number of hydrogen-bond acceptors (Lipinski definition) is 3. The number of amides is 1. The van der Waals surface area contributed by atoms with Gasteiger partial charge >= 0.3 is 0 Å². The van der Waals surface area contributed by atoms with Crippen LogP contribution in [-0.4, -0.2) is 49.7 Å². The summed E-state index contributed by atoms with van der Waals surface area (Å²) < 4.78 is 5.21. The van der Waals surface area contributed by atoms with E-state index in [9.17, 15) is 4.79 Å². The predicted octanol–water partition coefficient (Wildman–Crippen LogP) is 0.623. The van der Waals surface area contributed by atoms with Crippen molar-refractivity contribution in [3.8, 4) is 0 Å². The molecule has 0 aromatic heterocycles. The molecule has 1 atom stereocenters. The number of hydrogen-bond donors (Lipinski definition) is 1. The Labute approximate surface area is 92.0 Å². The van der Waals surface area contributed by atoms with Gasteiger partial charge in [-0.2, -0.15) is 0 Å². The highest BCUT2D eigenvalue weighted by Crippen LogP contribution is 2.06. The standard InChI is InChI=1S/C11H22N2O2/c1-3-15-8-4-5-11(14)13-7-6-12-9-10(13)2/h10,12H,3-9H2,1-2H3/t10-/m1/s1. The highest BCUT2D eigenvalue weighted by Gasteiger charge is 2.21. The van der Waals surface area contributed by atoms with Gasteiger partial charge in [-0.1, -0.05) is 0 Å². The molecular formula is C11H22N2O2. The lowest BCUT2D eigenvalue weighted by atomic mass is 10.2. The van der Waals surface area contributed by atoms with Crippen LogP contribution in [0.2, 0.25) is 0 Å². The maximum absolute atomic E-state index is 11.8. The summed E-state index contributed by atoms with van der Waals surface area (Å²) in [4.78, 5) is 13.8. The van der Waals surface area contributed by atoms with Gasteiger partial charge in [-0.15, -0.1) is 0 Å². The predicted molar refractivity (Wildman–Crippen MR) is 59.8 cm³/mol. The quantitative estimate of drug-likeness (QED) is 0.682. The summed E-state index contributed by atoms with van der Waals surface area (Å²) in [5, 5.41) is 3.28. The van der Waals surface area contributed by atoms with Crippen molar-refractivity contribution >= 4 is 5.91 Å². The van der Waals surface area contributed by atoms with Gasteiger partial charge in [-0.05, 0) is 20.3 Å². The lowest BCUT2D eigenvalue weighted by molar-refractivity contribution is -0.134. The maximum atomic E-state index is 11.8. The molecule has 1 heterocycles. The third kappa shape index (κ3) is 4.18. The Morgan fingerprint density at radius 3 is 3.07 bits per heavy atom. The van der Waals surface area contributed by atoms with Crippen LogP contribution in [-0.2, 0) is 9.53 Å². The van der Waals surface area contributed by atoms with E-state index in [1.807, 2.05) is 11.8 Å². The van der Waals surface area contributed by atoms with Gasteiger partial charge in [-0.3, -0.25) is 4.79 Å². The smallest absolute Gasteiger partial charge is 0.222 e. The summed E-state index contributed by atoms with van der Waals surface area (Å²) in [5.74, 6) is 0.267. The van der Waals surface area contributed by atoms with Crippen LogP contribution in [0.15, 0.2) is 0 Å². The topological polar surface area (TPSA) is 41.6 Å². The number of nitrogens with zero attached hydrogens (tertiary/aromatic N) is 1. The van der Waals surface area contributed by atoms with E-state index >= 15 is 0 Å². The van der Waals surface area contributed by atoms with E-state index in [0.717, 1.165) is 32.7 Å². The van der Waals surface area contributed by atoms with Gasteiger partial charge < -0.3 is 15.0 Å². The number of piperazine rings is 1. The summed E-state index contributed by atoms with van der Waals surface area (Å²) in [6.07, 6.45) is 1.45. The average Bonchev–Trinajstić information content (AvgIpc) is 2.25. The van der Waals surface area contributed by atoms with Gasteiger partial charge in [0.1, 0.15) is 0 Å². The van der Waals surface area contributed by atoms with Crippen LogP contribution in [0.1, 0.15) is 26.7 Å². The second kappa shape index (κ2) is 6.80. The van der Waals surface area contributed by atoms with E-state index in [2.05, 4.69) is 12.2 Å². The van der Waals surface area contributed by atoms with E-state index in [0.29, 0.717) is 19.1 Å². The van der Waals surface area contributed by atoms with Crippen molar-refractivity contribution in [3.05, 3.63) is 0 Å². The lowest BCUT2D eigenvalue weighted by Crippen LogP contribution is -2.52. The first-order valence-corrected chi connectivity index (χ1v) is 5.83. The number of carbonyl (C=O) groups is 1. The number of ether oxygens (including phenoxy) is 1. The van der Waals surface area contributed by atoms with Gasteiger partial charge in [0.15, 0.2) is 0 Å². The fourth-order valence-electron chi connectivity index (χ4n) is 1.82. The zero-order valence-electron chi connectivity index (χ0n) is 9.79. The monoisotopic (exact) mass is 214 g/mol. The Morgan fingerprint density at radius 1 is 1.60 bits per heavy atom. The molecule has 0 aromatic rings. The zero-order valence-corrected chi connectivity index (χ0v) is 9.79. The molecular weight excluding hydrogens is 192 g/mol. The Kier molecular flexibility index (Phi) is 5.65. The third-order valence-corrected chi connectivity index (χ3v) is 2.71. The van der Waals surface area contributed by atoms with Crippen molar-refractivity contribution < 1.29 is 9.53 Å². The fraction of sp³-hybridized carbons (Fsp3) is 0.909. The molecule has 0 aromatic carbocycles. The van der Waals surface area contributed by atoms with Crippen LogP contribution < -0.4 is 5.32 Å². The Bertz CT molecular complexity index is 197. The molecule has 1 saturated heterocycles. The van der Waals surface area contributed by atoms with Gasteiger partial charge in [0.25, 0.3) is 0 Å². The molecule has 15 heavy (non-hydrogen) atoms.